The molecule has 1 aromatic rings. The molecule has 2 saturated heterocycles. The van der Waals surface area contributed by atoms with Gasteiger partial charge in [-0.1, -0.05) is 25.1 Å². The van der Waals surface area contributed by atoms with Crippen LogP contribution in [0.5, 0.6) is 0 Å². The maximum absolute atomic E-state index is 12.5. The maximum Gasteiger partial charge on any atom is 0.236 e. The standard InChI is InChI=1S/C20H29N3O2/c1-16-6-5-11-22(14-16)15-19(24)23-12-9-17(10-13-23)20(25)21-18-7-3-2-4-8-18/h2-4,7-8,16-17H,5-6,9-15H2,1H3,(H,21,25)/t16-/m1/s1. The Morgan fingerprint density at radius 1 is 1.08 bits per heavy atom. The van der Waals surface area contributed by atoms with Crippen LogP contribution in [0.4, 0.5) is 5.69 Å². The van der Waals surface area contributed by atoms with Crippen molar-refractivity contribution in [2.45, 2.75) is 32.6 Å². The maximum atomic E-state index is 12.5. The van der Waals surface area contributed by atoms with Crippen LogP contribution >= 0.6 is 0 Å². The van der Waals surface area contributed by atoms with Crippen LogP contribution in [-0.2, 0) is 9.59 Å². The van der Waals surface area contributed by atoms with Crippen LogP contribution in [0.3, 0.4) is 0 Å². The first-order chi connectivity index (χ1) is 12.1. The fourth-order valence-electron chi connectivity index (χ4n) is 3.88. The summed E-state index contributed by atoms with van der Waals surface area (Å²) in [7, 11) is 0. The van der Waals surface area contributed by atoms with Crippen LogP contribution in [0.2, 0.25) is 0 Å². The number of para-hydroxylation sites is 1. The molecular weight excluding hydrogens is 314 g/mol. The van der Waals surface area contributed by atoms with E-state index in [0.29, 0.717) is 25.6 Å². The van der Waals surface area contributed by atoms with Crippen molar-refractivity contribution >= 4 is 17.5 Å². The van der Waals surface area contributed by atoms with Gasteiger partial charge in [0, 0.05) is 31.2 Å². The van der Waals surface area contributed by atoms with Gasteiger partial charge in [0.1, 0.15) is 0 Å². The van der Waals surface area contributed by atoms with Crippen LogP contribution in [0, 0.1) is 11.8 Å². The highest BCUT2D eigenvalue weighted by molar-refractivity contribution is 5.92. The van der Waals surface area contributed by atoms with Gasteiger partial charge in [0.15, 0.2) is 0 Å². The summed E-state index contributed by atoms with van der Waals surface area (Å²) < 4.78 is 0. The predicted molar refractivity (Wildman–Crippen MR) is 99.2 cm³/mol. The molecule has 0 spiro atoms. The third-order valence-corrected chi connectivity index (χ3v) is 5.36. The van der Waals surface area contributed by atoms with E-state index in [1.807, 2.05) is 35.2 Å². The number of likely N-dealkylation sites (tertiary alicyclic amines) is 2. The highest BCUT2D eigenvalue weighted by Gasteiger charge is 2.28. The number of nitrogens with one attached hydrogen (secondary N) is 1. The van der Waals surface area contributed by atoms with Gasteiger partial charge >= 0.3 is 0 Å². The number of nitrogens with zero attached hydrogens (tertiary/aromatic N) is 2. The van der Waals surface area contributed by atoms with Crippen molar-refractivity contribution in [3.05, 3.63) is 30.3 Å². The minimum Gasteiger partial charge on any atom is -0.342 e. The van der Waals surface area contributed by atoms with E-state index < -0.39 is 0 Å². The summed E-state index contributed by atoms with van der Waals surface area (Å²) in [6.07, 6.45) is 3.96. The average molecular weight is 343 g/mol. The number of amides is 2. The van der Waals surface area contributed by atoms with E-state index in [1.54, 1.807) is 0 Å². The van der Waals surface area contributed by atoms with Gasteiger partial charge in [-0.25, -0.2) is 0 Å². The molecule has 5 heteroatoms. The average Bonchev–Trinajstić information content (AvgIpc) is 2.62. The van der Waals surface area contributed by atoms with E-state index in [-0.39, 0.29) is 17.7 Å². The normalized spacial score (nSPS) is 22.6. The molecule has 1 aromatic carbocycles. The van der Waals surface area contributed by atoms with Gasteiger partial charge in [0.2, 0.25) is 11.8 Å². The van der Waals surface area contributed by atoms with Gasteiger partial charge in [0.05, 0.1) is 6.54 Å². The third kappa shape index (κ3) is 5.05. The molecule has 2 amide bonds. The molecule has 3 rings (SSSR count). The fraction of sp³-hybridized carbons (Fsp3) is 0.600. The molecule has 2 heterocycles. The molecule has 25 heavy (non-hydrogen) atoms. The summed E-state index contributed by atoms with van der Waals surface area (Å²) in [5, 5.41) is 2.98. The fourth-order valence-corrected chi connectivity index (χ4v) is 3.88. The summed E-state index contributed by atoms with van der Waals surface area (Å²) in [6.45, 7) is 6.23. The summed E-state index contributed by atoms with van der Waals surface area (Å²) in [6, 6.07) is 9.56. The van der Waals surface area contributed by atoms with Crippen molar-refractivity contribution in [3.63, 3.8) is 0 Å². The monoisotopic (exact) mass is 343 g/mol. The molecule has 1 atom stereocenters. The van der Waals surface area contributed by atoms with Crippen molar-refractivity contribution in [2.75, 3.05) is 38.0 Å². The van der Waals surface area contributed by atoms with Crippen LogP contribution in [0.15, 0.2) is 30.3 Å². The number of piperidine rings is 2. The van der Waals surface area contributed by atoms with Gasteiger partial charge in [-0.2, -0.15) is 0 Å². The van der Waals surface area contributed by atoms with Crippen LogP contribution in [-0.4, -0.2) is 54.3 Å². The van der Waals surface area contributed by atoms with Crippen LogP contribution < -0.4 is 5.32 Å². The van der Waals surface area contributed by atoms with Gasteiger partial charge in [-0.05, 0) is 50.3 Å². The molecule has 0 radical (unpaired) electrons. The molecule has 2 fully saturated rings. The number of hydrogen-bond acceptors (Lipinski definition) is 3. The van der Waals surface area contributed by atoms with Crippen LogP contribution in [0.25, 0.3) is 0 Å². The van der Waals surface area contributed by atoms with Gasteiger partial charge in [-0.15, -0.1) is 0 Å². The van der Waals surface area contributed by atoms with Crippen molar-refractivity contribution in [2.24, 2.45) is 11.8 Å². The Morgan fingerprint density at radius 2 is 1.80 bits per heavy atom. The van der Waals surface area contributed by atoms with E-state index in [4.69, 9.17) is 0 Å². The smallest absolute Gasteiger partial charge is 0.236 e. The number of hydrogen-bond donors (Lipinski definition) is 1. The number of anilines is 1. The van der Waals surface area contributed by atoms with Crippen molar-refractivity contribution in [3.8, 4) is 0 Å². The summed E-state index contributed by atoms with van der Waals surface area (Å²) in [5.41, 5.74) is 0.838. The lowest BCUT2D eigenvalue weighted by atomic mass is 9.95. The van der Waals surface area contributed by atoms with E-state index >= 15 is 0 Å². The number of carbonyl (C=O) groups is 2. The Hall–Kier alpha value is -1.88. The molecule has 0 unspecified atom stereocenters. The zero-order valence-electron chi connectivity index (χ0n) is 15.1. The van der Waals surface area contributed by atoms with Crippen molar-refractivity contribution < 1.29 is 9.59 Å². The zero-order chi connectivity index (χ0) is 17.6. The Kier molecular flexibility index (Phi) is 6.08. The van der Waals surface area contributed by atoms with E-state index in [1.165, 1.54) is 12.8 Å². The van der Waals surface area contributed by atoms with Crippen molar-refractivity contribution in [1.82, 2.24) is 9.80 Å². The molecule has 0 saturated carbocycles. The largest absolute Gasteiger partial charge is 0.342 e. The summed E-state index contributed by atoms with van der Waals surface area (Å²) in [5.74, 6) is 0.979. The van der Waals surface area contributed by atoms with E-state index in [2.05, 4.69) is 17.1 Å². The molecule has 136 valence electrons. The highest BCUT2D eigenvalue weighted by atomic mass is 16.2. The molecule has 0 aliphatic carbocycles. The summed E-state index contributed by atoms with van der Waals surface area (Å²) >= 11 is 0. The molecular formula is C20H29N3O2. The minimum absolute atomic E-state index is 0.000681. The quantitative estimate of drug-likeness (QED) is 0.914. The summed E-state index contributed by atoms with van der Waals surface area (Å²) in [4.78, 5) is 29.1. The Labute approximate surface area is 150 Å². The van der Waals surface area contributed by atoms with E-state index in [0.717, 1.165) is 31.6 Å². The first kappa shape index (κ1) is 17.9. The Balaban J connectivity index is 1.43. The lowest BCUT2D eigenvalue weighted by molar-refractivity contribution is -0.135. The van der Waals surface area contributed by atoms with Gasteiger partial charge in [0.25, 0.3) is 0 Å². The molecule has 0 bridgehead atoms. The first-order valence-electron chi connectivity index (χ1n) is 9.48. The molecule has 5 nitrogen and oxygen atoms in total. The molecule has 0 aromatic heterocycles. The SMILES string of the molecule is C[C@@H]1CCCN(CC(=O)N2CCC(C(=O)Nc3ccccc3)CC2)C1. The topological polar surface area (TPSA) is 52.7 Å². The molecule has 2 aliphatic rings. The lowest BCUT2D eigenvalue weighted by Crippen LogP contribution is -2.47. The zero-order valence-corrected chi connectivity index (χ0v) is 15.1. The number of rotatable bonds is 4. The Bertz CT molecular complexity index is 582. The number of benzene rings is 1. The second-order valence-corrected chi connectivity index (χ2v) is 7.49. The first-order valence-corrected chi connectivity index (χ1v) is 9.48. The van der Waals surface area contributed by atoms with E-state index in [9.17, 15) is 9.59 Å². The highest BCUT2D eigenvalue weighted by Crippen LogP contribution is 2.21. The minimum atomic E-state index is -0.000681. The Morgan fingerprint density at radius 3 is 2.48 bits per heavy atom. The molecule has 1 N–H and O–H groups in total. The van der Waals surface area contributed by atoms with Gasteiger partial charge < -0.3 is 10.2 Å². The van der Waals surface area contributed by atoms with Gasteiger partial charge in [-0.3, -0.25) is 14.5 Å². The third-order valence-electron chi connectivity index (χ3n) is 5.36. The second-order valence-electron chi connectivity index (χ2n) is 7.49. The van der Waals surface area contributed by atoms with Crippen molar-refractivity contribution in [1.29, 1.82) is 0 Å². The predicted octanol–water partition coefficient (Wildman–Crippen LogP) is 2.60. The second kappa shape index (κ2) is 8.48. The van der Waals surface area contributed by atoms with Crippen LogP contribution in [0.1, 0.15) is 32.6 Å². The number of carbonyl (C=O) groups excluding carboxylic acids is 2. The lowest BCUT2D eigenvalue weighted by Gasteiger charge is -2.35. The molecule has 2 aliphatic heterocycles.